The van der Waals surface area contributed by atoms with Gasteiger partial charge in [0, 0.05) is 22.9 Å². The summed E-state index contributed by atoms with van der Waals surface area (Å²) in [7, 11) is 0. The van der Waals surface area contributed by atoms with Crippen molar-refractivity contribution in [3.63, 3.8) is 0 Å². The van der Waals surface area contributed by atoms with Crippen LogP contribution in [0.1, 0.15) is 0 Å². The van der Waals surface area contributed by atoms with Crippen LogP contribution in [0.2, 0.25) is 5.02 Å². The van der Waals surface area contributed by atoms with Gasteiger partial charge in [0.05, 0.1) is 0 Å². The minimum absolute atomic E-state index is 0.439. The molecule has 0 spiro atoms. The molecule has 0 unspecified atom stereocenters. The molecule has 0 fully saturated rings. The first-order valence-electron chi connectivity index (χ1n) is 5.12. The number of aromatic nitrogens is 2. The zero-order valence-electron chi connectivity index (χ0n) is 9.31. The first-order valence-corrected chi connectivity index (χ1v) is 6.89. The van der Waals surface area contributed by atoms with E-state index in [9.17, 15) is 0 Å². The topological polar surface area (TPSA) is 51.0 Å². The smallest absolute Gasteiger partial charge is 0.321 e. The van der Waals surface area contributed by atoms with E-state index in [1.54, 1.807) is 17.8 Å². The van der Waals surface area contributed by atoms with E-state index < -0.39 is 0 Å². The number of rotatable bonds is 5. The standard InChI is InChI=1S/C11H12ClN3OS/c1-17-6-5-13-11-14-10(15-16-11)8-3-2-4-9(12)7-8/h2-4,7H,5-6H2,1H3,(H,13,14,15). The van der Waals surface area contributed by atoms with Gasteiger partial charge in [-0.15, -0.1) is 0 Å². The summed E-state index contributed by atoms with van der Waals surface area (Å²) in [5, 5.41) is 7.61. The monoisotopic (exact) mass is 269 g/mol. The largest absolute Gasteiger partial charge is 0.337 e. The van der Waals surface area contributed by atoms with Crippen LogP contribution in [-0.2, 0) is 0 Å². The number of benzene rings is 1. The molecule has 90 valence electrons. The number of nitrogens with one attached hydrogen (secondary N) is 1. The van der Waals surface area contributed by atoms with Gasteiger partial charge in [-0.2, -0.15) is 16.7 Å². The summed E-state index contributed by atoms with van der Waals surface area (Å²) in [6, 6.07) is 7.80. The lowest BCUT2D eigenvalue weighted by Crippen LogP contribution is -2.03. The minimum atomic E-state index is 0.439. The van der Waals surface area contributed by atoms with Gasteiger partial charge < -0.3 is 9.84 Å². The first kappa shape index (κ1) is 12.3. The van der Waals surface area contributed by atoms with E-state index in [0.29, 0.717) is 16.9 Å². The molecule has 0 bridgehead atoms. The van der Waals surface area contributed by atoms with E-state index in [1.807, 2.05) is 24.5 Å². The Balaban J connectivity index is 2.07. The Morgan fingerprint density at radius 2 is 2.35 bits per heavy atom. The molecule has 4 nitrogen and oxygen atoms in total. The molecule has 0 saturated carbocycles. The van der Waals surface area contributed by atoms with Crippen molar-refractivity contribution in [2.24, 2.45) is 0 Å². The minimum Gasteiger partial charge on any atom is -0.337 e. The zero-order valence-corrected chi connectivity index (χ0v) is 10.9. The van der Waals surface area contributed by atoms with Crippen LogP contribution in [0.15, 0.2) is 28.8 Å². The van der Waals surface area contributed by atoms with E-state index in [-0.39, 0.29) is 0 Å². The van der Waals surface area contributed by atoms with Gasteiger partial charge >= 0.3 is 6.01 Å². The summed E-state index contributed by atoms with van der Waals surface area (Å²) in [5.74, 6) is 1.54. The predicted octanol–water partition coefficient (Wildman–Crippen LogP) is 3.16. The molecule has 6 heteroatoms. The lowest BCUT2D eigenvalue weighted by atomic mass is 10.2. The van der Waals surface area contributed by atoms with Crippen molar-refractivity contribution in [3.8, 4) is 11.4 Å². The van der Waals surface area contributed by atoms with Crippen LogP contribution in [0.25, 0.3) is 11.4 Å². The fourth-order valence-electron chi connectivity index (χ4n) is 1.30. The van der Waals surface area contributed by atoms with E-state index in [1.165, 1.54) is 0 Å². The van der Waals surface area contributed by atoms with Gasteiger partial charge in [-0.05, 0) is 18.4 Å². The number of thioether (sulfide) groups is 1. The van der Waals surface area contributed by atoms with E-state index in [4.69, 9.17) is 16.1 Å². The van der Waals surface area contributed by atoms with Crippen LogP contribution in [-0.4, -0.2) is 28.7 Å². The lowest BCUT2D eigenvalue weighted by Gasteiger charge is -1.96. The van der Waals surface area contributed by atoms with Crippen LogP contribution in [0.4, 0.5) is 6.01 Å². The normalized spacial score (nSPS) is 10.5. The van der Waals surface area contributed by atoms with Gasteiger partial charge in [0.1, 0.15) is 0 Å². The molecule has 1 N–H and O–H groups in total. The summed E-state index contributed by atoms with van der Waals surface area (Å²) in [5.41, 5.74) is 0.846. The molecular formula is C11H12ClN3OS. The van der Waals surface area contributed by atoms with Crippen molar-refractivity contribution in [2.75, 3.05) is 23.9 Å². The lowest BCUT2D eigenvalue weighted by molar-refractivity contribution is 0.433. The summed E-state index contributed by atoms with van der Waals surface area (Å²) in [6.45, 7) is 0.804. The summed E-state index contributed by atoms with van der Waals surface area (Å²) in [4.78, 5) is 4.24. The van der Waals surface area contributed by atoms with E-state index >= 15 is 0 Å². The van der Waals surface area contributed by atoms with Crippen LogP contribution in [0.3, 0.4) is 0 Å². The molecule has 2 aromatic rings. The predicted molar refractivity (Wildman–Crippen MR) is 71.6 cm³/mol. The molecule has 0 aliphatic carbocycles. The fourth-order valence-corrected chi connectivity index (χ4v) is 1.80. The molecule has 1 heterocycles. The van der Waals surface area contributed by atoms with Crippen molar-refractivity contribution in [1.29, 1.82) is 0 Å². The Morgan fingerprint density at radius 1 is 1.47 bits per heavy atom. The van der Waals surface area contributed by atoms with E-state index in [2.05, 4.69) is 15.5 Å². The highest BCUT2D eigenvalue weighted by Gasteiger charge is 2.07. The average molecular weight is 270 g/mol. The second-order valence-electron chi connectivity index (χ2n) is 3.35. The molecule has 0 atom stereocenters. The average Bonchev–Trinajstić information content (AvgIpc) is 2.78. The highest BCUT2D eigenvalue weighted by Crippen LogP contribution is 2.20. The van der Waals surface area contributed by atoms with Crippen molar-refractivity contribution in [2.45, 2.75) is 0 Å². The molecule has 0 aliphatic rings. The van der Waals surface area contributed by atoms with Crippen LogP contribution in [0, 0.1) is 0 Å². The third-order valence-electron chi connectivity index (χ3n) is 2.09. The summed E-state index contributed by atoms with van der Waals surface area (Å²) >= 11 is 7.66. The second-order valence-corrected chi connectivity index (χ2v) is 4.78. The highest BCUT2D eigenvalue weighted by molar-refractivity contribution is 7.98. The maximum atomic E-state index is 5.90. The number of hydrogen-bond donors (Lipinski definition) is 1. The maximum Gasteiger partial charge on any atom is 0.321 e. The Morgan fingerprint density at radius 3 is 3.12 bits per heavy atom. The Bertz CT molecular complexity index is 489. The second kappa shape index (κ2) is 5.93. The van der Waals surface area contributed by atoms with Crippen molar-refractivity contribution in [1.82, 2.24) is 10.1 Å². The third-order valence-corrected chi connectivity index (χ3v) is 2.94. The van der Waals surface area contributed by atoms with Gasteiger partial charge in [0.25, 0.3) is 0 Å². The van der Waals surface area contributed by atoms with Gasteiger partial charge in [0.15, 0.2) is 0 Å². The van der Waals surface area contributed by atoms with E-state index in [0.717, 1.165) is 17.9 Å². The number of hydrogen-bond acceptors (Lipinski definition) is 5. The quantitative estimate of drug-likeness (QED) is 0.845. The van der Waals surface area contributed by atoms with Gasteiger partial charge in [-0.1, -0.05) is 28.9 Å². The van der Waals surface area contributed by atoms with Crippen LogP contribution >= 0.6 is 23.4 Å². The molecule has 0 saturated heterocycles. The van der Waals surface area contributed by atoms with Crippen molar-refractivity contribution in [3.05, 3.63) is 29.3 Å². The molecule has 0 amide bonds. The van der Waals surface area contributed by atoms with Crippen LogP contribution < -0.4 is 5.32 Å². The first-order chi connectivity index (χ1) is 8.29. The number of nitrogens with zero attached hydrogens (tertiary/aromatic N) is 2. The maximum absolute atomic E-state index is 5.90. The van der Waals surface area contributed by atoms with Gasteiger partial charge in [0.2, 0.25) is 5.82 Å². The van der Waals surface area contributed by atoms with Crippen molar-refractivity contribution < 1.29 is 4.52 Å². The Hall–Kier alpha value is -1.20. The zero-order chi connectivity index (χ0) is 12.1. The van der Waals surface area contributed by atoms with Crippen LogP contribution in [0.5, 0.6) is 0 Å². The van der Waals surface area contributed by atoms with Gasteiger partial charge in [-0.3, -0.25) is 0 Å². The van der Waals surface area contributed by atoms with Gasteiger partial charge in [-0.25, -0.2) is 0 Å². The number of anilines is 1. The highest BCUT2D eigenvalue weighted by atomic mass is 35.5. The third kappa shape index (κ3) is 3.38. The molecule has 1 aromatic heterocycles. The summed E-state index contributed by atoms with van der Waals surface area (Å²) in [6.07, 6.45) is 2.05. The Labute approximate surface area is 109 Å². The van der Waals surface area contributed by atoms with Crippen molar-refractivity contribution >= 4 is 29.4 Å². The molecule has 0 radical (unpaired) electrons. The summed E-state index contributed by atoms with van der Waals surface area (Å²) < 4.78 is 5.08. The molecular weight excluding hydrogens is 258 g/mol. The molecule has 1 aromatic carbocycles. The SMILES string of the molecule is CSCCNc1nc(-c2cccc(Cl)c2)no1. The Kier molecular flexibility index (Phi) is 4.28. The molecule has 17 heavy (non-hydrogen) atoms. The molecule has 2 rings (SSSR count). The number of halogens is 1. The molecule has 0 aliphatic heterocycles. The fraction of sp³-hybridized carbons (Fsp3) is 0.273.